The summed E-state index contributed by atoms with van der Waals surface area (Å²) in [5, 5.41) is 6.77. The van der Waals surface area contributed by atoms with Crippen LogP contribution in [0, 0.1) is 11.3 Å². The van der Waals surface area contributed by atoms with Gasteiger partial charge in [0.15, 0.2) is 14.1 Å². The molecule has 37 heavy (non-hydrogen) atoms. The second-order valence-electron chi connectivity index (χ2n) is 12.9. The Kier molecular flexibility index (Phi) is 8.40. The SMILES string of the molecule is CCS(=O)(=O)C[C@H]1CCN(c2nn(CC3(CO[Si](C)(C)C(C)(C)C)CCCCC3)c3cc(Cl)ncc23)C1. The summed E-state index contributed by atoms with van der Waals surface area (Å²) in [5.41, 5.74) is 1.04. The Labute approximate surface area is 229 Å². The number of aromatic nitrogens is 3. The van der Waals surface area contributed by atoms with Gasteiger partial charge in [-0.3, -0.25) is 4.68 Å². The van der Waals surface area contributed by atoms with Crippen LogP contribution in [-0.2, 0) is 20.8 Å². The lowest BCUT2D eigenvalue weighted by Gasteiger charge is -2.43. The normalized spacial score (nSPS) is 21.2. The van der Waals surface area contributed by atoms with Gasteiger partial charge in [0.25, 0.3) is 0 Å². The minimum Gasteiger partial charge on any atom is -0.416 e. The third-order valence-corrected chi connectivity index (χ3v) is 15.6. The lowest BCUT2D eigenvalue weighted by molar-refractivity contribution is 0.0680. The highest BCUT2D eigenvalue weighted by Crippen LogP contribution is 2.43. The predicted molar refractivity (Wildman–Crippen MR) is 156 cm³/mol. The number of fused-ring (bicyclic) bond motifs is 1. The Morgan fingerprint density at radius 1 is 1.22 bits per heavy atom. The molecule has 1 atom stereocenters. The van der Waals surface area contributed by atoms with Crippen LogP contribution in [0.4, 0.5) is 5.82 Å². The quantitative estimate of drug-likeness (QED) is 0.260. The minimum atomic E-state index is -3.00. The molecule has 4 rings (SSSR count). The Morgan fingerprint density at radius 3 is 2.57 bits per heavy atom. The average molecular weight is 569 g/mol. The first-order chi connectivity index (χ1) is 17.2. The molecular weight excluding hydrogens is 524 g/mol. The maximum atomic E-state index is 12.2. The van der Waals surface area contributed by atoms with Gasteiger partial charge in [-0.25, -0.2) is 13.4 Å². The van der Waals surface area contributed by atoms with Crippen LogP contribution in [-0.4, -0.2) is 62.7 Å². The van der Waals surface area contributed by atoms with Gasteiger partial charge in [-0.05, 0) is 43.3 Å². The number of halogens is 1. The maximum absolute atomic E-state index is 12.2. The summed E-state index contributed by atoms with van der Waals surface area (Å²) in [5.74, 6) is 1.47. The highest BCUT2D eigenvalue weighted by molar-refractivity contribution is 7.91. The summed E-state index contributed by atoms with van der Waals surface area (Å²) in [6, 6.07) is 1.92. The van der Waals surface area contributed by atoms with E-state index in [1.165, 1.54) is 19.3 Å². The summed E-state index contributed by atoms with van der Waals surface area (Å²) in [6.07, 6.45) is 8.67. The first kappa shape index (κ1) is 28.8. The number of sulfone groups is 1. The van der Waals surface area contributed by atoms with Crippen molar-refractivity contribution in [3.8, 4) is 0 Å². The smallest absolute Gasteiger partial charge is 0.192 e. The fourth-order valence-corrected chi connectivity index (χ4v) is 8.02. The van der Waals surface area contributed by atoms with Crippen LogP contribution in [0.15, 0.2) is 12.3 Å². The van der Waals surface area contributed by atoms with Crippen molar-refractivity contribution < 1.29 is 12.8 Å². The van der Waals surface area contributed by atoms with Gasteiger partial charge in [-0.1, -0.05) is 58.6 Å². The third kappa shape index (κ3) is 6.53. The van der Waals surface area contributed by atoms with Crippen LogP contribution < -0.4 is 4.90 Å². The monoisotopic (exact) mass is 568 g/mol. The molecule has 2 aromatic heterocycles. The van der Waals surface area contributed by atoms with E-state index in [0.29, 0.717) is 11.7 Å². The average Bonchev–Trinajstić information content (AvgIpc) is 3.42. The number of nitrogens with zero attached hydrogens (tertiary/aromatic N) is 4. The van der Waals surface area contributed by atoms with Gasteiger partial charge in [0.2, 0.25) is 0 Å². The minimum absolute atomic E-state index is 0.0441. The van der Waals surface area contributed by atoms with Crippen molar-refractivity contribution in [1.29, 1.82) is 0 Å². The molecule has 1 aliphatic heterocycles. The zero-order valence-corrected chi connectivity index (χ0v) is 26.1. The van der Waals surface area contributed by atoms with Crippen LogP contribution in [0.25, 0.3) is 10.9 Å². The van der Waals surface area contributed by atoms with Crippen molar-refractivity contribution in [2.75, 3.05) is 36.1 Å². The third-order valence-electron chi connectivity index (χ3n) is 9.04. The maximum Gasteiger partial charge on any atom is 0.192 e. The van der Waals surface area contributed by atoms with Crippen molar-refractivity contribution in [3.05, 3.63) is 17.4 Å². The fraction of sp³-hybridized carbons (Fsp3) is 0.778. The largest absolute Gasteiger partial charge is 0.416 e. The summed E-state index contributed by atoms with van der Waals surface area (Å²) < 4.78 is 33.4. The molecule has 208 valence electrons. The molecule has 1 aliphatic carbocycles. The fourth-order valence-electron chi connectivity index (χ4n) is 5.54. The first-order valence-corrected chi connectivity index (χ1v) is 19.0. The first-order valence-electron chi connectivity index (χ1n) is 13.9. The molecule has 2 aliphatic rings. The Hall–Kier alpha value is -1.16. The lowest BCUT2D eigenvalue weighted by Crippen LogP contribution is -2.45. The van der Waals surface area contributed by atoms with Crippen LogP contribution in [0.5, 0.6) is 0 Å². The summed E-state index contributed by atoms with van der Waals surface area (Å²) in [4.78, 5) is 6.61. The van der Waals surface area contributed by atoms with Crippen LogP contribution >= 0.6 is 11.6 Å². The lowest BCUT2D eigenvalue weighted by atomic mass is 9.74. The highest BCUT2D eigenvalue weighted by atomic mass is 35.5. The topological polar surface area (TPSA) is 77.3 Å². The van der Waals surface area contributed by atoms with Crippen LogP contribution in [0.1, 0.15) is 66.2 Å². The van der Waals surface area contributed by atoms with E-state index in [9.17, 15) is 8.42 Å². The molecule has 0 bridgehead atoms. The molecule has 2 aromatic rings. The van der Waals surface area contributed by atoms with Gasteiger partial charge in [0.05, 0.1) is 16.7 Å². The van der Waals surface area contributed by atoms with E-state index >= 15 is 0 Å². The van der Waals surface area contributed by atoms with E-state index in [0.717, 1.165) is 55.7 Å². The number of hydrogen-bond donors (Lipinski definition) is 0. The molecule has 0 unspecified atom stereocenters. The molecule has 0 N–H and O–H groups in total. The molecule has 10 heteroatoms. The molecule has 0 amide bonds. The van der Waals surface area contributed by atoms with Crippen LogP contribution in [0.3, 0.4) is 0 Å². The van der Waals surface area contributed by atoms with Gasteiger partial charge in [0.1, 0.15) is 15.0 Å². The van der Waals surface area contributed by atoms with Gasteiger partial charge in [-0.15, -0.1) is 0 Å². The van der Waals surface area contributed by atoms with Crippen LogP contribution in [0.2, 0.25) is 23.3 Å². The van der Waals surface area contributed by atoms with Gasteiger partial charge >= 0.3 is 0 Å². The van der Waals surface area contributed by atoms with E-state index in [-0.39, 0.29) is 27.9 Å². The summed E-state index contributed by atoms with van der Waals surface area (Å²) in [7, 11) is -4.88. The number of anilines is 1. The van der Waals surface area contributed by atoms with Crippen molar-refractivity contribution in [2.45, 2.75) is 90.9 Å². The Bertz CT molecular complexity index is 1200. The summed E-state index contributed by atoms with van der Waals surface area (Å²) >= 11 is 6.37. The molecule has 0 spiro atoms. The van der Waals surface area contributed by atoms with Crippen molar-refractivity contribution in [2.24, 2.45) is 11.3 Å². The van der Waals surface area contributed by atoms with Crippen molar-refractivity contribution in [3.63, 3.8) is 0 Å². The van der Waals surface area contributed by atoms with Gasteiger partial charge in [-0.2, -0.15) is 5.10 Å². The number of hydrogen-bond acceptors (Lipinski definition) is 6. The van der Waals surface area contributed by atoms with E-state index < -0.39 is 18.2 Å². The molecule has 3 heterocycles. The van der Waals surface area contributed by atoms with Crippen molar-refractivity contribution >= 4 is 46.5 Å². The molecule has 0 aromatic carbocycles. The van der Waals surface area contributed by atoms with Gasteiger partial charge < -0.3 is 9.33 Å². The molecule has 0 radical (unpaired) electrons. The summed E-state index contributed by atoms with van der Waals surface area (Å²) in [6.45, 7) is 16.3. The second-order valence-corrected chi connectivity index (χ2v) is 20.5. The number of pyridine rings is 1. The molecular formula is C27H45ClN4O3SSi. The molecule has 7 nitrogen and oxygen atoms in total. The Morgan fingerprint density at radius 2 is 1.92 bits per heavy atom. The number of rotatable bonds is 9. The zero-order chi connectivity index (χ0) is 27.1. The standard InChI is InChI=1S/C27H45ClN4O3SSi/c1-7-36(33,34)18-21-11-14-31(17-21)25-22-16-29-24(28)15-23(22)32(30-25)19-27(12-9-8-10-13-27)20-35-37(5,6)26(2,3)4/h15-16,21H,7-14,17-20H2,1-6H3/t21-/m0/s1. The van der Waals surface area contributed by atoms with E-state index in [2.05, 4.69) is 48.4 Å². The predicted octanol–water partition coefficient (Wildman–Crippen LogP) is 6.32. The van der Waals surface area contributed by atoms with E-state index in [4.69, 9.17) is 21.1 Å². The Balaban J connectivity index is 1.62. The van der Waals surface area contributed by atoms with Crippen molar-refractivity contribution in [1.82, 2.24) is 14.8 Å². The molecule has 2 fully saturated rings. The van der Waals surface area contributed by atoms with Gasteiger partial charge in [0, 0.05) is 49.7 Å². The molecule has 1 saturated carbocycles. The second kappa shape index (κ2) is 10.8. The van der Waals surface area contributed by atoms with E-state index in [1.807, 2.05) is 12.3 Å². The van der Waals surface area contributed by atoms with E-state index in [1.54, 1.807) is 6.92 Å². The molecule has 1 saturated heterocycles. The highest BCUT2D eigenvalue weighted by Gasteiger charge is 2.41. The zero-order valence-electron chi connectivity index (χ0n) is 23.5.